The van der Waals surface area contributed by atoms with Crippen molar-refractivity contribution in [2.75, 3.05) is 25.5 Å². The summed E-state index contributed by atoms with van der Waals surface area (Å²) >= 11 is 0. The number of likely N-dealkylation sites (tertiary alicyclic amines) is 1. The van der Waals surface area contributed by atoms with E-state index < -0.39 is 12.5 Å². The lowest BCUT2D eigenvalue weighted by Gasteiger charge is -2.46. The van der Waals surface area contributed by atoms with E-state index in [1.807, 2.05) is 12.3 Å². The van der Waals surface area contributed by atoms with Gasteiger partial charge in [-0.15, -0.1) is 0 Å². The van der Waals surface area contributed by atoms with E-state index >= 15 is 0 Å². The quantitative estimate of drug-likeness (QED) is 0.298. The maximum Gasteiger partial charge on any atom is 0.387 e. The number of pyridine rings is 1. The van der Waals surface area contributed by atoms with Gasteiger partial charge in [0.2, 0.25) is 0 Å². The van der Waals surface area contributed by atoms with Crippen LogP contribution in [0.15, 0.2) is 67.5 Å². The van der Waals surface area contributed by atoms with E-state index in [2.05, 4.69) is 44.4 Å². The van der Waals surface area contributed by atoms with Gasteiger partial charge in [0.05, 0.1) is 23.6 Å². The van der Waals surface area contributed by atoms with Gasteiger partial charge in [-0.05, 0) is 42.9 Å². The van der Waals surface area contributed by atoms with Crippen LogP contribution in [0.3, 0.4) is 0 Å². The fourth-order valence-electron chi connectivity index (χ4n) is 5.18. The van der Waals surface area contributed by atoms with E-state index in [1.54, 1.807) is 37.9 Å². The average Bonchev–Trinajstić information content (AvgIpc) is 3.52. The highest BCUT2D eigenvalue weighted by atomic mass is 19.3. The molecule has 1 fully saturated rings. The van der Waals surface area contributed by atoms with Crippen LogP contribution in [0.2, 0.25) is 0 Å². The maximum atomic E-state index is 13.4. The molecule has 1 N–H and O–H groups in total. The minimum Gasteiger partial charge on any atom is -0.456 e. The first-order chi connectivity index (χ1) is 19.7. The number of nitrogens with zero attached hydrogens (tertiary/aromatic N) is 7. The summed E-state index contributed by atoms with van der Waals surface area (Å²) in [5, 5.41) is 11.4. The number of carbonyl (C=O) groups is 1. The summed E-state index contributed by atoms with van der Waals surface area (Å²) in [5.74, 6) is 0.235. The molecule has 11 nitrogen and oxygen atoms in total. The van der Waals surface area contributed by atoms with Crippen molar-refractivity contribution in [2.24, 2.45) is 7.05 Å². The monoisotopic (exact) mass is 560 g/mol. The predicted molar refractivity (Wildman–Crippen MR) is 145 cm³/mol. The molecule has 0 unspecified atom stereocenters. The molecule has 4 aromatic heterocycles. The first kappa shape index (κ1) is 26.3. The smallest absolute Gasteiger partial charge is 0.387 e. The Balaban J connectivity index is 1.33. The van der Waals surface area contributed by atoms with E-state index in [1.165, 1.54) is 33.6 Å². The third-order valence-electron chi connectivity index (χ3n) is 6.91. The molecule has 210 valence electrons. The van der Waals surface area contributed by atoms with Crippen LogP contribution in [0, 0.1) is 0 Å². The number of halogens is 2. The highest BCUT2D eigenvalue weighted by molar-refractivity contribution is 6.09. The summed E-state index contributed by atoms with van der Waals surface area (Å²) in [6.07, 6.45) is 9.61. The summed E-state index contributed by atoms with van der Waals surface area (Å²) < 4.78 is 40.6. The number of nitrogens with one attached hydrogen (secondary N) is 1. The van der Waals surface area contributed by atoms with Gasteiger partial charge < -0.3 is 19.7 Å². The molecular weight excluding hydrogens is 534 g/mol. The molecule has 1 aromatic carbocycles. The Morgan fingerprint density at radius 2 is 1.95 bits per heavy atom. The highest BCUT2D eigenvalue weighted by Gasteiger charge is 2.38. The van der Waals surface area contributed by atoms with Crippen molar-refractivity contribution in [3.63, 3.8) is 0 Å². The van der Waals surface area contributed by atoms with Crippen molar-refractivity contribution < 1.29 is 23.0 Å². The number of hydrogen-bond donors (Lipinski definition) is 1. The molecule has 0 saturated carbocycles. The second-order valence-corrected chi connectivity index (χ2v) is 10.2. The van der Waals surface area contributed by atoms with Gasteiger partial charge in [-0.2, -0.15) is 19.0 Å². The van der Waals surface area contributed by atoms with Gasteiger partial charge in [-0.3, -0.25) is 14.5 Å². The Kier molecular flexibility index (Phi) is 6.58. The number of likely N-dealkylation sites (N-methyl/N-ethyl adjacent to an activating group) is 1. The summed E-state index contributed by atoms with van der Waals surface area (Å²) in [6.45, 7) is 0.903. The Bertz CT molecular complexity index is 1750. The van der Waals surface area contributed by atoms with Crippen LogP contribution in [-0.4, -0.2) is 66.9 Å². The number of benzene rings is 1. The molecule has 13 heteroatoms. The van der Waals surface area contributed by atoms with E-state index in [-0.39, 0.29) is 33.7 Å². The third-order valence-corrected chi connectivity index (χ3v) is 6.91. The Morgan fingerprint density at radius 1 is 1.12 bits per heavy atom. The third kappa shape index (κ3) is 5.18. The first-order valence-electron chi connectivity index (χ1n) is 12.7. The summed E-state index contributed by atoms with van der Waals surface area (Å²) in [7, 11) is 3.71. The minimum atomic E-state index is -3.07. The van der Waals surface area contributed by atoms with E-state index in [4.69, 9.17) is 9.47 Å². The normalized spacial score (nSPS) is 14.7. The van der Waals surface area contributed by atoms with Crippen molar-refractivity contribution >= 4 is 17.2 Å². The SMILES string of the molecule is CN1CC(C)(c2cncc(Oc3ccc(OC(F)F)c(-c4nn(C)cc4NC(=O)c4cnn5cccnc45)c3)c2)C1. The molecule has 41 heavy (non-hydrogen) atoms. The zero-order chi connectivity index (χ0) is 28.7. The van der Waals surface area contributed by atoms with Crippen LogP contribution in [0.25, 0.3) is 16.9 Å². The summed E-state index contributed by atoms with van der Waals surface area (Å²) in [6, 6.07) is 8.07. The molecule has 5 aromatic rings. The fourth-order valence-corrected chi connectivity index (χ4v) is 5.18. The second kappa shape index (κ2) is 10.2. The summed E-state index contributed by atoms with van der Waals surface area (Å²) in [5.41, 5.74) is 2.30. The van der Waals surface area contributed by atoms with Gasteiger partial charge >= 0.3 is 6.61 Å². The molecule has 6 rings (SSSR count). The zero-order valence-electron chi connectivity index (χ0n) is 22.5. The van der Waals surface area contributed by atoms with Gasteiger partial charge in [0.15, 0.2) is 5.65 Å². The predicted octanol–water partition coefficient (Wildman–Crippen LogP) is 4.37. The number of aryl methyl sites for hydroxylation is 1. The number of anilines is 1. The van der Waals surface area contributed by atoms with Gasteiger partial charge in [-0.1, -0.05) is 6.92 Å². The lowest BCUT2D eigenvalue weighted by molar-refractivity contribution is -0.0494. The van der Waals surface area contributed by atoms with Gasteiger partial charge in [0.25, 0.3) is 5.91 Å². The Labute approximate surface area is 233 Å². The lowest BCUT2D eigenvalue weighted by Crippen LogP contribution is -2.55. The molecule has 0 spiro atoms. The highest BCUT2D eigenvalue weighted by Crippen LogP contribution is 2.39. The van der Waals surface area contributed by atoms with Crippen LogP contribution in [0.1, 0.15) is 22.8 Å². The number of alkyl halides is 2. The molecule has 0 atom stereocenters. The van der Waals surface area contributed by atoms with Gasteiger partial charge in [-0.25, -0.2) is 9.50 Å². The molecule has 1 aliphatic rings. The molecule has 0 radical (unpaired) electrons. The van der Waals surface area contributed by atoms with Crippen LogP contribution in [0.5, 0.6) is 17.2 Å². The second-order valence-electron chi connectivity index (χ2n) is 10.2. The van der Waals surface area contributed by atoms with E-state index in [0.717, 1.165) is 18.7 Å². The largest absolute Gasteiger partial charge is 0.456 e. The first-order valence-corrected chi connectivity index (χ1v) is 12.7. The van der Waals surface area contributed by atoms with Crippen molar-refractivity contribution in [1.29, 1.82) is 0 Å². The van der Waals surface area contributed by atoms with Crippen molar-refractivity contribution in [3.8, 4) is 28.5 Å². The van der Waals surface area contributed by atoms with Crippen LogP contribution >= 0.6 is 0 Å². The Hall–Kier alpha value is -4.91. The lowest BCUT2D eigenvalue weighted by atomic mass is 9.76. The number of amides is 1. The average molecular weight is 561 g/mol. The number of fused-ring (bicyclic) bond motifs is 1. The topological polar surface area (TPSA) is 112 Å². The number of hydrogen-bond acceptors (Lipinski definition) is 8. The number of aromatic nitrogens is 6. The molecule has 1 saturated heterocycles. The van der Waals surface area contributed by atoms with Gasteiger partial charge in [0.1, 0.15) is 28.5 Å². The standard InChI is InChI=1S/C28H26F2N8O3/c1-28(15-36(2)16-28)17-9-19(12-31-11-17)40-18-5-6-23(41-27(29)30)20(10-18)24-22(14-37(3)35-24)34-26(39)21-13-33-38-8-4-7-32-25(21)38/h4-14,27H,15-16H2,1-3H3,(H,34,39). The number of ether oxygens (including phenoxy) is 2. The molecule has 1 aliphatic heterocycles. The number of rotatable bonds is 8. The molecule has 5 heterocycles. The van der Waals surface area contributed by atoms with Crippen molar-refractivity contribution in [3.05, 3.63) is 78.6 Å². The van der Waals surface area contributed by atoms with Crippen molar-refractivity contribution in [1.82, 2.24) is 34.3 Å². The summed E-state index contributed by atoms with van der Waals surface area (Å²) in [4.78, 5) is 24.0. The van der Waals surface area contributed by atoms with Crippen LogP contribution < -0.4 is 14.8 Å². The molecule has 0 aliphatic carbocycles. The molecular formula is C28H26F2N8O3. The fraction of sp³-hybridized carbons (Fsp3) is 0.250. The molecule has 0 bridgehead atoms. The Morgan fingerprint density at radius 3 is 2.73 bits per heavy atom. The van der Waals surface area contributed by atoms with Crippen molar-refractivity contribution in [2.45, 2.75) is 19.0 Å². The number of carbonyl (C=O) groups excluding carboxylic acids is 1. The van der Waals surface area contributed by atoms with E-state index in [0.29, 0.717) is 17.1 Å². The van der Waals surface area contributed by atoms with E-state index in [9.17, 15) is 13.6 Å². The van der Waals surface area contributed by atoms with Gasteiger partial charge in [0, 0.05) is 50.3 Å². The maximum absolute atomic E-state index is 13.4. The minimum absolute atomic E-state index is 0.0289. The van der Waals surface area contributed by atoms with Crippen LogP contribution in [0.4, 0.5) is 14.5 Å². The molecule has 1 amide bonds. The zero-order valence-corrected chi connectivity index (χ0v) is 22.5. The van der Waals surface area contributed by atoms with Crippen LogP contribution in [-0.2, 0) is 12.5 Å².